The molecule has 0 saturated carbocycles. The fraction of sp³-hybridized carbons (Fsp3) is 0.304. The van der Waals surface area contributed by atoms with E-state index in [4.69, 9.17) is 11.0 Å². The Morgan fingerprint density at radius 3 is 0.600 bits per heavy atom. The van der Waals surface area contributed by atoms with Crippen LogP contribution in [0.25, 0.3) is 90.1 Å². The van der Waals surface area contributed by atoms with E-state index in [9.17, 15) is 0 Å². The minimum Gasteiger partial charge on any atom is -0.201 e. The van der Waals surface area contributed by atoms with Gasteiger partial charge in [0.1, 0.15) is 56.4 Å². The van der Waals surface area contributed by atoms with Gasteiger partial charge in [-0.3, -0.25) is 0 Å². The van der Waals surface area contributed by atoms with Crippen molar-refractivity contribution in [3.63, 3.8) is 0 Å². The molecule has 0 spiro atoms. The molecule has 8 heteroatoms. The Bertz CT molecular complexity index is 4840. The molecule has 0 fully saturated rings. The van der Waals surface area contributed by atoms with Crippen molar-refractivity contribution in [1.29, 1.82) is 0 Å². The van der Waals surface area contributed by atoms with E-state index in [1.54, 1.807) is 36.7 Å². The van der Waals surface area contributed by atoms with Crippen LogP contribution in [0.1, 0.15) is 157 Å². The van der Waals surface area contributed by atoms with Gasteiger partial charge in [-0.05, 0) is 194 Å². The van der Waals surface area contributed by atoms with Crippen molar-refractivity contribution >= 4 is 0 Å². The largest absolute Gasteiger partial charge is 0.212 e. The van der Waals surface area contributed by atoms with Gasteiger partial charge in [-0.25, -0.2) is 36.5 Å². The Balaban J connectivity index is 0.000000169. The highest BCUT2D eigenvalue weighted by Gasteiger charge is 2.26. The molecule has 0 amide bonds. The van der Waals surface area contributed by atoms with Crippen LogP contribution in [0, 0.1) is 55.4 Å². The molecule has 0 N–H and O–H groups in total. The average molecular weight is 1340 g/mol. The van der Waals surface area contributed by atoms with Crippen molar-refractivity contribution in [3.05, 3.63) is 286 Å². The average Bonchev–Trinajstić information content (AvgIpc) is 0.767. The lowest BCUT2D eigenvalue weighted by molar-refractivity contribution is -0.661. The molecule has 8 aromatic heterocycles. The van der Waals surface area contributed by atoms with Gasteiger partial charge >= 0.3 is 0 Å². The van der Waals surface area contributed by atoms with Crippen LogP contribution in [0.2, 0.25) is 0 Å². The van der Waals surface area contributed by atoms with Gasteiger partial charge in [0, 0.05) is 153 Å². The number of rotatable bonds is 12. The Hall–Kier alpha value is -9.92. The van der Waals surface area contributed by atoms with Gasteiger partial charge in [0.15, 0.2) is 49.6 Å². The maximum Gasteiger partial charge on any atom is 0.212 e. The van der Waals surface area contributed by atoms with Crippen molar-refractivity contribution in [2.45, 2.75) is 134 Å². The van der Waals surface area contributed by atoms with Crippen LogP contribution in [-0.2, 0) is 56.4 Å². The highest BCUT2D eigenvalue weighted by atomic mass is 15.0. The Morgan fingerprint density at radius 1 is 0.240 bits per heavy atom. The molecule has 2 unspecified atom stereocenters. The second kappa shape index (κ2) is 32.4. The highest BCUT2D eigenvalue weighted by molar-refractivity contribution is 5.77. The molecule has 2 atom stereocenters. The fourth-order valence-corrected chi connectivity index (χ4v) is 13.1. The van der Waals surface area contributed by atoms with Crippen molar-refractivity contribution in [2.75, 3.05) is 0 Å². The van der Waals surface area contributed by atoms with Crippen LogP contribution in [-0.4, -0.2) is 0 Å². The van der Waals surface area contributed by atoms with E-state index in [-0.39, 0.29) is 0 Å². The Kier molecular flexibility index (Phi) is 20.6. The molecule has 8 nitrogen and oxygen atoms in total. The topological polar surface area (TPSA) is 31.0 Å². The van der Waals surface area contributed by atoms with E-state index in [0.29, 0.717) is 23.0 Å². The van der Waals surface area contributed by atoms with E-state index >= 15 is 0 Å². The summed E-state index contributed by atoms with van der Waals surface area (Å²) in [5.41, 5.74) is 32.1. The van der Waals surface area contributed by atoms with Crippen molar-refractivity contribution in [3.8, 4) is 90.1 Å². The lowest BCUT2D eigenvalue weighted by Gasteiger charge is -2.12. The first-order chi connectivity index (χ1) is 50.6. The van der Waals surface area contributed by atoms with Crippen molar-refractivity contribution in [2.24, 2.45) is 56.4 Å². The first kappa shape index (κ1) is 63.5. The van der Waals surface area contributed by atoms with Gasteiger partial charge in [-0.1, -0.05) is 79.5 Å². The number of hydrogen-bond donors (Lipinski definition) is 0. The van der Waals surface area contributed by atoms with Crippen LogP contribution in [0.5, 0.6) is 0 Å². The predicted molar refractivity (Wildman–Crippen MR) is 413 cm³/mol. The molecule has 100 heavy (non-hydrogen) atoms. The van der Waals surface area contributed by atoms with Gasteiger partial charge < -0.3 is 0 Å². The SMILES string of the molecule is Cc1c(-c2cc(C(C)C)cc[n+]2C)cccc1-c1cc(C(C)C)cc[n+]1C.Cc1cc[n+](C)c(-c2cccc(-c3cc(C)cc[n+]3C)c2C)c1.Cc1cc[n+](C)c(-c2cccc(-c3cc(C)cc[n+]3C)c2C)c1.[2H]C([2H])([2H])C([2H])(C)c1cc[n+](C)c(-c2cccc(-c3cc(C([2H])(C)C([2H])([2H])[2H])cc[n+]3C)c2C)c1. The fourth-order valence-electron chi connectivity index (χ4n) is 13.1. The summed E-state index contributed by atoms with van der Waals surface area (Å²) in [7, 11) is 16.4. The van der Waals surface area contributed by atoms with Crippen molar-refractivity contribution in [1.82, 2.24) is 0 Å². The first-order valence-electron chi connectivity index (χ1n) is 38.9. The predicted octanol–water partition coefficient (Wildman–Crippen LogP) is 17.6. The zero-order valence-electron chi connectivity index (χ0n) is 71.5. The van der Waals surface area contributed by atoms with Gasteiger partial charge in [0.2, 0.25) is 45.6 Å². The number of aromatic nitrogens is 8. The maximum atomic E-state index is 8.50. The Labute approximate surface area is 611 Å². The molecule has 0 aliphatic carbocycles. The van der Waals surface area contributed by atoms with Crippen LogP contribution < -0.4 is 36.5 Å². The van der Waals surface area contributed by atoms with Crippen molar-refractivity contribution < 1.29 is 47.5 Å². The molecule has 4 aromatic carbocycles. The molecule has 8 heterocycles. The van der Waals surface area contributed by atoms with E-state index < -0.39 is 25.5 Å². The summed E-state index contributed by atoms with van der Waals surface area (Å²) in [5.74, 6) is -2.49. The minimum absolute atomic E-state index is 0.394. The lowest BCUT2D eigenvalue weighted by Crippen LogP contribution is -2.32. The number of aryl methyl sites for hydroxylation is 12. The summed E-state index contributed by atoms with van der Waals surface area (Å²) in [6, 6.07) is 59.1. The third-order valence-corrected chi connectivity index (χ3v) is 19.6. The monoisotopic (exact) mass is 1340 g/mol. The molecule has 512 valence electrons. The molecule has 12 rings (SSSR count). The van der Waals surface area contributed by atoms with E-state index in [1.807, 2.05) is 48.4 Å². The van der Waals surface area contributed by atoms with Crippen LogP contribution in [0.3, 0.4) is 0 Å². The summed E-state index contributed by atoms with van der Waals surface area (Å²) in [6.07, 6.45) is 16.4. The molecule has 12 aromatic rings. The summed E-state index contributed by atoms with van der Waals surface area (Å²) in [5, 5.41) is 0. The van der Waals surface area contributed by atoms with Crippen LogP contribution in [0.15, 0.2) is 219 Å². The lowest BCUT2D eigenvalue weighted by atomic mass is 9.93. The summed E-state index contributed by atoms with van der Waals surface area (Å²) >= 11 is 0. The zero-order valence-corrected chi connectivity index (χ0v) is 63.5. The number of nitrogens with zero attached hydrogens (tertiary/aromatic N) is 8. The van der Waals surface area contributed by atoms with Gasteiger partial charge in [-0.2, -0.15) is 0 Å². The number of hydrogen-bond acceptors (Lipinski definition) is 0. The minimum atomic E-state index is -2.49. The van der Waals surface area contributed by atoms with Crippen LogP contribution >= 0.6 is 0 Å². The second-order valence-electron chi connectivity index (χ2n) is 28.0. The number of pyridine rings is 8. The highest BCUT2D eigenvalue weighted by Crippen LogP contribution is 2.35. The third-order valence-electron chi connectivity index (χ3n) is 19.6. The molecular weight excluding hydrogens is 1220 g/mol. The smallest absolute Gasteiger partial charge is 0.201 e. The van der Waals surface area contributed by atoms with Gasteiger partial charge in [-0.15, -0.1) is 0 Å². The molecule has 0 radical (unpaired) electrons. The quantitative estimate of drug-likeness (QED) is 0.109. The van der Waals surface area contributed by atoms with E-state index in [0.717, 1.165) is 28.1 Å². The second-order valence-corrected chi connectivity index (χ2v) is 28.0. The maximum absolute atomic E-state index is 8.50. The zero-order chi connectivity index (χ0) is 79.4. The third kappa shape index (κ3) is 17.0. The molecular formula is C92H112N8+8. The molecule has 0 bridgehead atoms. The number of benzene rings is 4. The molecule has 0 aliphatic rings. The standard InChI is InChI=1S/2C25H32N2.2C21H24N2/c2*1-17(2)20-11-13-26(6)24(15-20)22-9-8-10-23(19(22)5)25-16-21(18(3)4)12-14-27(25)7;2*1-15-9-11-22(4)20(13-15)18-7-6-8-19(17(18)3)21-14-16(2)10-12-23(21)5/h2*8-18H,1-7H3;2*6-14H,1-5H3/q4*+2/i1D3,3D3,17D,18D;;;. The van der Waals surface area contributed by atoms with E-state index in [2.05, 4.69) is 310 Å². The Morgan fingerprint density at radius 2 is 0.410 bits per heavy atom. The summed E-state index contributed by atoms with van der Waals surface area (Å²) in [4.78, 5) is 0. The van der Waals surface area contributed by atoms with E-state index in [1.165, 1.54) is 131 Å². The van der Waals surface area contributed by atoms with Gasteiger partial charge in [0.05, 0.1) is 0 Å². The molecule has 0 saturated heterocycles. The molecule has 0 aliphatic heterocycles. The van der Waals surface area contributed by atoms with Crippen LogP contribution in [0.4, 0.5) is 0 Å². The normalized spacial score (nSPS) is 13.8. The first-order valence-corrected chi connectivity index (χ1v) is 34.9. The summed E-state index contributed by atoms with van der Waals surface area (Å²) in [6.45, 7) is 24.0. The summed E-state index contributed by atoms with van der Waals surface area (Å²) < 4.78 is 80.8. The van der Waals surface area contributed by atoms with Gasteiger partial charge in [0.25, 0.3) is 0 Å².